The number of phosphoric ester groups is 2. The largest absolute Gasteiger partial charge is 1.00 e. The molecule has 26 heteroatoms. The zero-order valence-corrected chi connectivity index (χ0v) is 38.2. The van der Waals surface area contributed by atoms with E-state index in [4.69, 9.17) is 18.7 Å². The van der Waals surface area contributed by atoms with Crippen LogP contribution in [0.1, 0.15) is 90.7 Å². The average Bonchev–Trinajstić information content (AvgIpc) is 3.37. The summed E-state index contributed by atoms with van der Waals surface area (Å²) in [6.45, 7) is 0.948. The molecule has 3 rings (SSSR count). The number of carbonyl (C=O) groups excluding carboxylic acids is 2. The molecule has 1 aromatic rings. The van der Waals surface area contributed by atoms with Crippen LogP contribution in [-0.4, -0.2) is 115 Å². The van der Waals surface area contributed by atoms with Crippen LogP contribution in [0.4, 0.5) is 0 Å². The van der Waals surface area contributed by atoms with Crippen molar-refractivity contribution in [3.05, 3.63) is 33.1 Å². The molecule has 3 heterocycles. The van der Waals surface area contributed by atoms with Gasteiger partial charge in [0.15, 0.2) is 18.6 Å². The van der Waals surface area contributed by atoms with Gasteiger partial charge in [-0.15, -0.1) is 0 Å². The molecule has 2 aliphatic heterocycles. The molecule has 7 N–H and O–H groups in total. The number of aliphatic hydroxyl groups is 5. The molecule has 2 aliphatic rings. The van der Waals surface area contributed by atoms with Crippen LogP contribution in [0.15, 0.2) is 21.9 Å². The maximum atomic E-state index is 12.8. The molecule has 57 heavy (non-hydrogen) atoms. The second kappa shape index (κ2) is 26.2. The number of carbonyl (C=O) groups is 2. The summed E-state index contributed by atoms with van der Waals surface area (Å²) in [4.78, 5) is 75.6. The van der Waals surface area contributed by atoms with E-state index in [9.17, 15) is 63.6 Å². The van der Waals surface area contributed by atoms with Crippen molar-refractivity contribution in [3.8, 4) is 0 Å². The van der Waals surface area contributed by atoms with Crippen LogP contribution >= 0.6 is 15.6 Å². The van der Waals surface area contributed by atoms with Crippen LogP contribution in [0.3, 0.4) is 0 Å². The molecule has 2 fully saturated rings. The van der Waals surface area contributed by atoms with E-state index in [1.165, 1.54) is 19.3 Å². The van der Waals surface area contributed by atoms with Crippen molar-refractivity contribution in [1.82, 2.24) is 14.9 Å². The number of hydrogen-bond acceptors (Lipinski definition) is 19. The van der Waals surface area contributed by atoms with Crippen LogP contribution in [-0.2, 0) is 46.3 Å². The molecular weight excluding hydrogens is 826 g/mol. The number of aromatic amines is 1. The molecule has 1 aromatic heterocycles. The van der Waals surface area contributed by atoms with Crippen molar-refractivity contribution in [2.24, 2.45) is 0 Å². The quantitative estimate of drug-likeness (QED) is 0.0232. The Morgan fingerprint density at radius 1 is 0.947 bits per heavy atom. The van der Waals surface area contributed by atoms with Crippen LogP contribution in [0.2, 0.25) is 0 Å². The van der Waals surface area contributed by atoms with Gasteiger partial charge in [-0.05, 0) is 6.42 Å². The number of rotatable bonds is 23. The van der Waals surface area contributed by atoms with Crippen molar-refractivity contribution in [2.75, 3.05) is 13.2 Å². The van der Waals surface area contributed by atoms with Crippen LogP contribution < -0.4 is 85.5 Å². The van der Waals surface area contributed by atoms with E-state index in [1.807, 2.05) is 4.98 Å². The SMILES string of the molecule is CCCCCCCCCCCC(O)CC(=O)OC1C(O)C(CO)OC(OP(=O)([O-])OP(=O)([O-])OCC2OC(n3ccc(=O)[nH]c3=O)C(O)C2O)C1NC(C)=O.[Na+].[Na+]. The normalized spacial score (nSPS) is 28.5. The predicted octanol–water partition coefficient (Wildman–Crippen LogP) is -7.68. The Morgan fingerprint density at radius 2 is 1.56 bits per heavy atom. The summed E-state index contributed by atoms with van der Waals surface area (Å²) >= 11 is 0. The van der Waals surface area contributed by atoms with Gasteiger partial charge in [0, 0.05) is 19.2 Å². The summed E-state index contributed by atoms with van der Waals surface area (Å²) in [5, 5.41) is 53.9. The molecule has 12 atom stereocenters. The maximum absolute atomic E-state index is 12.8. The first kappa shape index (κ1) is 54.6. The van der Waals surface area contributed by atoms with E-state index in [-0.39, 0.29) is 65.5 Å². The summed E-state index contributed by atoms with van der Waals surface area (Å²) in [5.41, 5.74) is -1.82. The first-order valence-corrected chi connectivity index (χ1v) is 20.9. The number of aliphatic hydroxyl groups excluding tert-OH is 5. The number of ether oxygens (including phenoxy) is 3. The molecular formula is C31H51N3Na2O19P2. The average molecular weight is 878 g/mol. The molecule has 0 aromatic carbocycles. The monoisotopic (exact) mass is 877 g/mol. The van der Waals surface area contributed by atoms with Gasteiger partial charge in [-0.2, -0.15) is 0 Å². The number of nitrogens with zero attached hydrogens (tertiary/aromatic N) is 1. The van der Waals surface area contributed by atoms with Gasteiger partial charge < -0.3 is 59.4 Å². The van der Waals surface area contributed by atoms with E-state index < -0.39 is 120 Å². The Labute approximate surface area is 372 Å². The zero-order chi connectivity index (χ0) is 40.9. The van der Waals surface area contributed by atoms with E-state index in [1.54, 1.807) is 0 Å². The first-order chi connectivity index (χ1) is 25.9. The molecule has 22 nitrogen and oxygen atoms in total. The molecule has 316 valence electrons. The molecule has 2 saturated heterocycles. The zero-order valence-electron chi connectivity index (χ0n) is 32.4. The third-order valence-corrected chi connectivity index (χ3v) is 11.4. The minimum Gasteiger partial charge on any atom is -0.756 e. The van der Waals surface area contributed by atoms with Gasteiger partial charge in [0.25, 0.3) is 21.2 Å². The molecule has 12 unspecified atom stereocenters. The summed E-state index contributed by atoms with van der Waals surface area (Å²) in [7, 11) is -12.0. The van der Waals surface area contributed by atoms with E-state index in [0.29, 0.717) is 11.0 Å². The molecule has 0 radical (unpaired) electrons. The first-order valence-electron chi connectivity index (χ1n) is 18.0. The predicted molar refractivity (Wildman–Crippen MR) is 182 cm³/mol. The smallest absolute Gasteiger partial charge is 0.756 e. The van der Waals surface area contributed by atoms with Crippen molar-refractivity contribution in [3.63, 3.8) is 0 Å². The standard InChI is InChI=1S/C31H53N3O19P2.2Na/c1-3-4-5-6-7-8-9-10-11-12-19(37)15-23(39)51-28-24(32-18(2)36)30(50-20(16-35)26(28)41)52-55(46,47)53-54(44,45)48-17-21-25(40)27(42)29(49-21)34-14-13-22(38)33-31(34)43;;/h13-14,19-21,24-30,35,37,40-42H,3-12,15-17H2,1-2H3,(H,32,36)(H,44,45)(H,46,47)(H,33,38,43);;/q;2*+1/p-2. The molecule has 0 bridgehead atoms. The number of H-pyrrole nitrogens is 1. The summed E-state index contributed by atoms with van der Waals surface area (Å²) in [6.07, 6.45) is -5.89. The van der Waals surface area contributed by atoms with Crippen molar-refractivity contribution >= 4 is 27.5 Å². The number of nitrogens with one attached hydrogen (secondary N) is 2. The fraction of sp³-hybridized carbons (Fsp3) is 0.806. The van der Waals surface area contributed by atoms with Crippen molar-refractivity contribution in [1.29, 1.82) is 0 Å². The Hall–Kier alpha value is -0.400. The number of hydrogen-bond donors (Lipinski definition) is 7. The molecule has 1 amide bonds. The number of amides is 1. The van der Waals surface area contributed by atoms with Gasteiger partial charge in [0.05, 0.1) is 25.7 Å². The Bertz CT molecular complexity index is 1610. The topological polar surface area (TPSA) is 338 Å². The second-order valence-electron chi connectivity index (χ2n) is 13.3. The van der Waals surface area contributed by atoms with Gasteiger partial charge in [0.2, 0.25) is 5.91 Å². The minimum atomic E-state index is -6.09. The van der Waals surface area contributed by atoms with Gasteiger partial charge in [-0.3, -0.25) is 37.6 Å². The number of aromatic nitrogens is 2. The summed E-state index contributed by atoms with van der Waals surface area (Å²) in [6, 6.07) is -0.936. The van der Waals surface area contributed by atoms with Crippen molar-refractivity contribution < 1.29 is 141 Å². The molecule has 0 spiro atoms. The minimum absolute atomic E-state index is 0. The second-order valence-corrected chi connectivity index (χ2v) is 16.2. The van der Waals surface area contributed by atoms with Crippen LogP contribution in [0.25, 0.3) is 0 Å². The molecule has 0 saturated carbocycles. The van der Waals surface area contributed by atoms with Crippen LogP contribution in [0.5, 0.6) is 0 Å². The van der Waals surface area contributed by atoms with E-state index in [0.717, 1.165) is 51.3 Å². The van der Waals surface area contributed by atoms with Gasteiger partial charge in [-0.25, -0.2) is 9.11 Å². The van der Waals surface area contributed by atoms with E-state index >= 15 is 0 Å². The maximum Gasteiger partial charge on any atom is 1.00 e. The Balaban J connectivity index is 0.00000812. The van der Waals surface area contributed by atoms with Crippen LogP contribution in [0, 0.1) is 0 Å². The Kier molecular flexibility index (Phi) is 25.1. The number of phosphoric acid groups is 2. The van der Waals surface area contributed by atoms with Gasteiger partial charge in [0.1, 0.15) is 36.6 Å². The molecule has 0 aliphatic carbocycles. The fourth-order valence-electron chi connectivity index (χ4n) is 6.05. The third-order valence-electron chi connectivity index (χ3n) is 8.83. The van der Waals surface area contributed by atoms with Crippen molar-refractivity contribution in [2.45, 2.75) is 146 Å². The Morgan fingerprint density at radius 3 is 2.14 bits per heavy atom. The third kappa shape index (κ3) is 17.8. The number of unbranched alkanes of at least 4 members (excludes halogenated alkanes) is 8. The fourth-order valence-corrected chi connectivity index (χ4v) is 8.14. The summed E-state index contributed by atoms with van der Waals surface area (Å²) in [5.74, 6) is -1.93. The number of esters is 1. The van der Waals surface area contributed by atoms with E-state index in [2.05, 4.69) is 21.1 Å². The van der Waals surface area contributed by atoms with Gasteiger partial charge in [-0.1, -0.05) is 64.7 Å². The summed E-state index contributed by atoms with van der Waals surface area (Å²) < 4.78 is 55.3. The van der Waals surface area contributed by atoms with Gasteiger partial charge >= 0.3 is 70.8 Å².